The van der Waals surface area contributed by atoms with Crippen molar-refractivity contribution >= 4 is 34.8 Å². The molecular formula is C55H34Cl2F2N18O6+2. The monoisotopic (exact) mass is 1150 g/mol. The summed E-state index contributed by atoms with van der Waals surface area (Å²) in [7, 11) is 0. The van der Waals surface area contributed by atoms with Crippen molar-refractivity contribution < 1.29 is 36.3 Å². The smallest absolute Gasteiger partial charge is 0.334 e. The predicted octanol–water partition coefficient (Wildman–Crippen LogP) is 6.27. The first-order chi connectivity index (χ1) is 40.1. The summed E-state index contributed by atoms with van der Waals surface area (Å²) in [6.45, 7) is 1.98. The third kappa shape index (κ3) is 11.9. The van der Waals surface area contributed by atoms with Crippen LogP contribution >= 0.6 is 23.2 Å². The summed E-state index contributed by atoms with van der Waals surface area (Å²) in [5, 5.41) is 36.5. The lowest BCUT2D eigenvalue weighted by Gasteiger charge is -2.15. The second kappa shape index (κ2) is 22.9. The molecule has 11 aromatic rings. The summed E-state index contributed by atoms with van der Waals surface area (Å²) in [5.74, 6) is -0.153. The standard InChI is InChI=1S/C55H34Cl2F2N18O6/c1-4-43(48-64-51(81-70-48)35-6-5-7-38(56)14-35)67-75(31(3)78)26-33-12-40(58)28-73(23-33)47-17-45(50-66-53(83-72-50)37-15-39(57)22-61-20-37)69-77(55(47)80)27-34-13-41(59)29-74(24-34)46-16-44(49-65-52(82-71-49)36-10-8-30(2)62-21-36)68-76(54(46)79)25-32-9-11-42(18-60)63-19-32/h1,5-17,19-24,28-29H,25-27H2,2-3H3/q+2/b67-43+. The molecule has 406 valence electrons. The first kappa shape index (κ1) is 53.8. The van der Waals surface area contributed by atoms with E-state index in [-0.39, 0.29) is 92.0 Å². The van der Waals surface area contributed by atoms with Crippen molar-refractivity contribution in [3.8, 4) is 87.2 Å². The van der Waals surface area contributed by atoms with Crippen molar-refractivity contribution in [3.05, 3.63) is 205 Å². The van der Waals surface area contributed by atoms with E-state index in [0.717, 1.165) is 49.2 Å². The minimum absolute atomic E-state index is 0.0253. The number of rotatable bonds is 15. The van der Waals surface area contributed by atoms with Crippen molar-refractivity contribution in [2.75, 3.05) is 0 Å². The molecule has 0 aliphatic rings. The van der Waals surface area contributed by atoms with Gasteiger partial charge in [-0.15, -0.1) is 6.42 Å². The molecule has 1 aromatic carbocycles. The number of halogens is 4. The maximum absolute atomic E-state index is 16.1. The highest BCUT2D eigenvalue weighted by atomic mass is 35.5. The van der Waals surface area contributed by atoms with Crippen molar-refractivity contribution in [1.82, 2.24) is 69.9 Å². The van der Waals surface area contributed by atoms with Gasteiger partial charge in [-0.3, -0.25) is 24.4 Å². The van der Waals surface area contributed by atoms with Crippen LogP contribution in [0.2, 0.25) is 10.0 Å². The number of hydrogen-bond donors (Lipinski definition) is 0. The van der Waals surface area contributed by atoms with Crippen LogP contribution in [0.5, 0.6) is 0 Å². The van der Waals surface area contributed by atoms with E-state index in [0.29, 0.717) is 27.3 Å². The fourth-order valence-electron chi connectivity index (χ4n) is 8.16. The Hall–Kier alpha value is -11.2. The Balaban J connectivity index is 0.982. The highest BCUT2D eigenvalue weighted by molar-refractivity contribution is 6.31. The number of nitrogens with zero attached hydrogens (tertiary/aromatic N) is 18. The summed E-state index contributed by atoms with van der Waals surface area (Å²) in [6, 6.07) is 21.5. The van der Waals surface area contributed by atoms with E-state index in [2.05, 4.69) is 66.6 Å². The van der Waals surface area contributed by atoms with Gasteiger partial charge in [-0.05, 0) is 73.0 Å². The Labute approximate surface area is 474 Å². The highest BCUT2D eigenvalue weighted by Gasteiger charge is 2.27. The molecule has 0 radical (unpaired) electrons. The van der Waals surface area contributed by atoms with Crippen LogP contribution in [0, 0.1) is 42.2 Å². The number of pyridine rings is 5. The lowest BCUT2D eigenvalue weighted by atomic mass is 10.2. The second-order valence-corrected chi connectivity index (χ2v) is 18.9. The van der Waals surface area contributed by atoms with Gasteiger partial charge in [0.05, 0.1) is 35.8 Å². The molecule has 0 aliphatic carbocycles. The van der Waals surface area contributed by atoms with Crippen LogP contribution < -0.4 is 20.3 Å². The summed E-state index contributed by atoms with van der Waals surface area (Å²) >= 11 is 12.4. The van der Waals surface area contributed by atoms with E-state index in [1.54, 1.807) is 48.7 Å². The zero-order valence-corrected chi connectivity index (χ0v) is 44.3. The number of aryl methyl sites for hydroxylation is 1. The molecule has 0 aliphatic heterocycles. The minimum Gasteiger partial charge on any atom is -0.334 e. The summed E-state index contributed by atoms with van der Waals surface area (Å²) in [6.07, 6.45) is 16.4. The fraction of sp³-hybridized carbons (Fsp3) is 0.0909. The number of carbonyl (C=O) groups excluding carboxylic acids is 1. The van der Waals surface area contributed by atoms with E-state index in [1.807, 2.05) is 13.0 Å². The average molecular weight is 1150 g/mol. The van der Waals surface area contributed by atoms with Gasteiger partial charge >= 0.3 is 11.1 Å². The molecule has 0 spiro atoms. The van der Waals surface area contributed by atoms with Gasteiger partial charge in [-0.2, -0.15) is 44.6 Å². The SMILES string of the molecule is C#C/C(=N\N(Cc1cc(F)c[n+](-c2cc(-c3noc(-c4cncc(Cl)c4)n3)nn(Cc3cc(F)c[n+](-c4cc(-c5noc(-c6ccc(C)nc6)n5)nn(Cc5ccc(C#N)nc5)c4=O)c3)c2=O)c1)C(C)=O)c1noc(-c2cccc(Cl)c2)n1. The zero-order valence-electron chi connectivity index (χ0n) is 42.8. The molecule has 1 amide bonds. The van der Waals surface area contributed by atoms with E-state index >= 15 is 8.78 Å². The Morgan fingerprint density at radius 2 is 1.33 bits per heavy atom. The van der Waals surface area contributed by atoms with E-state index in [9.17, 15) is 19.6 Å². The van der Waals surface area contributed by atoms with Gasteiger partial charge in [0.2, 0.25) is 35.8 Å². The van der Waals surface area contributed by atoms with Crippen LogP contribution in [0.3, 0.4) is 0 Å². The number of hydrazone groups is 1. The fourth-order valence-corrected chi connectivity index (χ4v) is 8.52. The summed E-state index contributed by atoms with van der Waals surface area (Å²) < 4.78 is 53.0. The molecule has 0 saturated carbocycles. The number of nitriles is 1. The van der Waals surface area contributed by atoms with Crippen LogP contribution in [-0.4, -0.2) is 81.6 Å². The topological polar surface area (TPSA) is 289 Å². The molecule has 0 bridgehead atoms. The van der Waals surface area contributed by atoms with Gasteiger partial charge in [-0.1, -0.05) is 50.8 Å². The number of benzene rings is 1. The van der Waals surface area contributed by atoms with Crippen LogP contribution in [0.15, 0.2) is 157 Å². The molecule has 10 heterocycles. The van der Waals surface area contributed by atoms with Crippen molar-refractivity contribution in [3.63, 3.8) is 0 Å². The lowest BCUT2D eigenvalue weighted by molar-refractivity contribution is -0.599. The van der Waals surface area contributed by atoms with E-state index in [4.69, 9.17) is 43.2 Å². The van der Waals surface area contributed by atoms with E-state index in [1.165, 1.54) is 66.7 Å². The predicted molar refractivity (Wildman–Crippen MR) is 286 cm³/mol. The Morgan fingerprint density at radius 3 is 1.93 bits per heavy atom. The van der Waals surface area contributed by atoms with Gasteiger partial charge in [0, 0.05) is 71.3 Å². The first-order valence-corrected chi connectivity index (χ1v) is 25.1. The molecule has 0 saturated heterocycles. The normalized spacial score (nSPS) is 11.3. The summed E-state index contributed by atoms with van der Waals surface area (Å²) in [5.41, 5.74) is 0.726. The van der Waals surface area contributed by atoms with Gasteiger partial charge < -0.3 is 13.6 Å². The number of amides is 1. The largest absolute Gasteiger partial charge is 0.339 e. The van der Waals surface area contributed by atoms with Crippen LogP contribution in [0.4, 0.5) is 8.78 Å². The van der Waals surface area contributed by atoms with Gasteiger partial charge in [0.15, 0.2) is 29.7 Å². The van der Waals surface area contributed by atoms with Crippen LogP contribution in [0.1, 0.15) is 40.8 Å². The Kier molecular flexibility index (Phi) is 14.8. The molecule has 10 aromatic heterocycles. The Bertz CT molecular complexity index is 4590. The van der Waals surface area contributed by atoms with Gasteiger partial charge in [0.25, 0.3) is 29.0 Å². The highest BCUT2D eigenvalue weighted by Crippen LogP contribution is 2.25. The molecule has 11 rings (SSSR count). The summed E-state index contributed by atoms with van der Waals surface area (Å²) in [4.78, 5) is 68.2. The molecular weight excluding hydrogens is 1120 g/mol. The zero-order chi connectivity index (χ0) is 57.9. The Morgan fingerprint density at radius 1 is 0.699 bits per heavy atom. The molecule has 0 fully saturated rings. The van der Waals surface area contributed by atoms with Gasteiger partial charge in [-0.25, -0.2) is 28.1 Å². The van der Waals surface area contributed by atoms with Crippen molar-refractivity contribution in [2.45, 2.75) is 33.5 Å². The third-order valence-corrected chi connectivity index (χ3v) is 12.5. The third-order valence-electron chi connectivity index (χ3n) is 12.0. The number of aromatic nitrogens is 15. The number of carbonyl (C=O) groups is 1. The van der Waals surface area contributed by atoms with Crippen molar-refractivity contribution in [2.24, 2.45) is 5.10 Å². The maximum Gasteiger partial charge on any atom is 0.339 e. The average Bonchev–Trinajstić information content (AvgIpc) is 3.97. The molecule has 0 atom stereocenters. The molecule has 0 unspecified atom stereocenters. The van der Waals surface area contributed by atoms with Gasteiger partial charge in [0.1, 0.15) is 23.2 Å². The van der Waals surface area contributed by atoms with Crippen molar-refractivity contribution in [1.29, 1.82) is 5.26 Å². The quantitative estimate of drug-likeness (QED) is 0.0473. The molecule has 0 N–H and O–H groups in total. The minimum atomic E-state index is -0.857. The molecule has 24 nitrogen and oxygen atoms in total. The van der Waals surface area contributed by atoms with Crippen LogP contribution in [-0.2, 0) is 24.4 Å². The number of hydrogen-bond acceptors (Lipinski definition) is 19. The molecule has 83 heavy (non-hydrogen) atoms. The second-order valence-electron chi connectivity index (χ2n) is 18.0. The molecule has 28 heteroatoms. The lowest BCUT2D eigenvalue weighted by Crippen LogP contribution is -2.43. The maximum atomic E-state index is 16.1. The van der Waals surface area contributed by atoms with E-state index < -0.39 is 41.7 Å². The van der Waals surface area contributed by atoms with Crippen LogP contribution in [0.25, 0.3) is 68.8 Å². The number of terminal acetylenes is 1. The first-order valence-electron chi connectivity index (χ1n) is 24.3.